The van der Waals surface area contributed by atoms with Crippen molar-refractivity contribution in [1.82, 2.24) is 0 Å². The third-order valence-corrected chi connectivity index (χ3v) is 3.63. The first-order valence-electron chi connectivity index (χ1n) is 6.78. The molecular formula is C17H15F3O3. The van der Waals surface area contributed by atoms with Crippen LogP contribution in [-0.4, -0.2) is 17.3 Å². The summed E-state index contributed by atoms with van der Waals surface area (Å²) in [7, 11) is 0. The first-order valence-corrected chi connectivity index (χ1v) is 6.78. The first-order chi connectivity index (χ1) is 10.7. The number of esters is 1. The Morgan fingerprint density at radius 3 is 2.39 bits per heavy atom. The van der Waals surface area contributed by atoms with Gasteiger partial charge >= 0.3 is 12.1 Å². The maximum atomic E-state index is 13.1. The van der Waals surface area contributed by atoms with Gasteiger partial charge in [0.1, 0.15) is 6.61 Å². The number of hydrogen-bond acceptors (Lipinski definition) is 3. The van der Waals surface area contributed by atoms with Gasteiger partial charge in [0.2, 0.25) is 0 Å². The Hall–Kier alpha value is -2.34. The van der Waals surface area contributed by atoms with Crippen molar-refractivity contribution in [3.63, 3.8) is 0 Å². The molecule has 2 aromatic rings. The van der Waals surface area contributed by atoms with Crippen molar-refractivity contribution in [2.75, 3.05) is 0 Å². The van der Waals surface area contributed by atoms with Crippen LogP contribution >= 0.6 is 0 Å². The summed E-state index contributed by atoms with van der Waals surface area (Å²) >= 11 is 0. The minimum atomic E-state index is -4.81. The Kier molecular flexibility index (Phi) is 4.47. The average molecular weight is 324 g/mol. The standard InChI is InChI=1S/C17H15F3O3/c1-3-15(21)23-10-11-8-9-14(16(2,22)17(18,19)20)13-7-5-4-6-12(11)13/h3-9,22H,1,10H2,2H3. The van der Waals surface area contributed by atoms with Crippen molar-refractivity contribution in [3.8, 4) is 0 Å². The Morgan fingerprint density at radius 2 is 1.83 bits per heavy atom. The summed E-state index contributed by atoms with van der Waals surface area (Å²) in [4.78, 5) is 11.1. The third kappa shape index (κ3) is 3.22. The molecule has 3 nitrogen and oxygen atoms in total. The van der Waals surface area contributed by atoms with Crippen LogP contribution < -0.4 is 0 Å². The quantitative estimate of drug-likeness (QED) is 0.686. The fourth-order valence-corrected chi connectivity index (χ4v) is 2.27. The molecule has 0 spiro atoms. The molecule has 122 valence electrons. The molecule has 0 aliphatic heterocycles. The molecule has 0 amide bonds. The average Bonchev–Trinajstić information content (AvgIpc) is 2.50. The van der Waals surface area contributed by atoms with Gasteiger partial charge < -0.3 is 9.84 Å². The lowest BCUT2D eigenvalue weighted by molar-refractivity contribution is -0.258. The Morgan fingerprint density at radius 1 is 1.22 bits per heavy atom. The number of carbonyl (C=O) groups excluding carboxylic acids is 1. The SMILES string of the molecule is C=CC(=O)OCc1ccc(C(C)(O)C(F)(F)F)c2ccccc12. The van der Waals surface area contributed by atoms with E-state index in [9.17, 15) is 23.1 Å². The van der Waals surface area contributed by atoms with Crippen molar-refractivity contribution in [2.24, 2.45) is 0 Å². The number of fused-ring (bicyclic) bond motifs is 1. The molecule has 6 heteroatoms. The van der Waals surface area contributed by atoms with E-state index in [4.69, 9.17) is 4.74 Å². The van der Waals surface area contributed by atoms with Crippen molar-refractivity contribution in [1.29, 1.82) is 0 Å². The molecule has 0 heterocycles. The predicted octanol–water partition coefficient (Wildman–Crippen LogP) is 3.84. The molecule has 0 fully saturated rings. The fourth-order valence-electron chi connectivity index (χ4n) is 2.27. The van der Waals surface area contributed by atoms with Gasteiger partial charge in [-0.15, -0.1) is 0 Å². The summed E-state index contributed by atoms with van der Waals surface area (Å²) < 4.78 is 44.3. The molecule has 23 heavy (non-hydrogen) atoms. The van der Waals surface area contributed by atoms with Crippen LogP contribution in [-0.2, 0) is 21.7 Å². The third-order valence-electron chi connectivity index (χ3n) is 3.63. The van der Waals surface area contributed by atoms with E-state index in [0.717, 1.165) is 6.08 Å². The predicted molar refractivity (Wildman–Crippen MR) is 79.6 cm³/mol. The summed E-state index contributed by atoms with van der Waals surface area (Å²) in [5, 5.41) is 10.7. The van der Waals surface area contributed by atoms with Crippen LogP contribution in [0.4, 0.5) is 13.2 Å². The highest BCUT2D eigenvalue weighted by atomic mass is 19.4. The number of ether oxygens (including phenoxy) is 1. The number of rotatable bonds is 4. The van der Waals surface area contributed by atoms with E-state index in [1.807, 2.05) is 0 Å². The highest BCUT2D eigenvalue weighted by Gasteiger charge is 2.51. The molecule has 0 saturated heterocycles. The molecule has 0 aromatic heterocycles. The molecule has 0 radical (unpaired) electrons. The molecular weight excluding hydrogens is 309 g/mol. The molecule has 0 aliphatic rings. The zero-order valence-corrected chi connectivity index (χ0v) is 12.4. The van der Waals surface area contributed by atoms with Crippen molar-refractivity contribution < 1.29 is 27.8 Å². The van der Waals surface area contributed by atoms with Crippen LogP contribution in [0.5, 0.6) is 0 Å². The van der Waals surface area contributed by atoms with E-state index in [-0.39, 0.29) is 17.6 Å². The second kappa shape index (κ2) is 6.04. The topological polar surface area (TPSA) is 46.5 Å². The number of aliphatic hydroxyl groups is 1. The van der Waals surface area contributed by atoms with E-state index in [2.05, 4.69) is 6.58 Å². The van der Waals surface area contributed by atoms with E-state index in [1.54, 1.807) is 18.2 Å². The zero-order valence-electron chi connectivity index (χ0n) is 12.4. The van der Waals surface area contributed by atoms with Gasteiger partial charge in [0.15, 0.2) is 5.60 Å². The van der Waals surface area contributed by atoms with Gasteiger partial charge in [-0.3, -0.25) is 0 Å². The van der Waals surface area contributed by atoms with E-state index in [1.165, 1.54) is 18.2 Å². The van der Waals surface area contributed by atoms with Crippen LogP contribution in [0.1, 0.15) is 18.1 Å². The van der Waals surface area contributed by atoms with Crippen molar-refractivity contribution in [3.05, 3.63) is 60.2 Å². The largest absolute Gasteiger partial charge is 0.458 e. The summed E-state index contributed by atoms with van der Waals surface area (Å²) in [6.45, 7) is 3.89. The van der Waals surface area contributed by atoms with Gasteiger partial charge in [0.05, 0.1) is 0 Å². The molecule has 0 aliphatic carbocycles. The van der Waals surface area contributed by atoms with Crippen LogP contribution in [0, 0.1) is 0 Å². The smallest absolute Gasteiger partial charge is 0.421 e. The van der Waals surface area contributed by atoms with Gasteiger partial charge in [0.25, 0.3) is 0 Å². The molecule has 0 saturated carbocycles. The molecule has 0 bridgehead atoms. The first kappa shape index (κ1) is 17.0. The van der Waals surface area contributed by atoms with Crippen LogP contribution in [0.15, 0.2) is 49.1 Å². The minimum Gasteiger partial charge on any atom is -0.458 e. The lowest BCUT2D eigenvalue weighted by atomic mass is 9.88. The zero-order chi connectivity index (χ0) is 17.3. The van der Waals surface area contributed by atoms with Gasteiger partial charge in [-0.2, -0.15) is 13.2 Å². The van der Waals surface area contributed by atoms with Crippen LogP contribution in [0.3, 0.4) is 0 Å². The summed E-state index contributed by atoms with van der Waals surface area (Å²) in [5.74, 6) is -0.625. The highest BCUT2D eigenvalue weighted by Crippen LogP contribution is 2.41. The van der Waals surface area contributed by atoms with Gasteiger partial charge in [-0.05, 0) is 23.3 Å². The Labute approximate surface area is 131 Å². The summed E-state index contributed by atoms with van der Waals surface area (Å²) in [5.41, 5.74) is -2.69. The van der Waals surface area contributed by atoms with E-state index < -0.39 is 17.7 Å². The maximum Gasteiger partial charge on any atom is 0.421 e. The fraction of sp³-hybridized carbons (Fsp3) is 0.235. The normalized spacial score (nSPS) is 14.3. The Balaban J connectivity index is 2.56. The van der Waals surface area contributed by atoms with Gasteiger partial charge in [0, 0.05) is 11.6 Å². The van der Waals surface area contributed by atoms with E-state index in [0.29, 0.717) is 17.9 Å². The second-order valence-electron chi connectivity index (χ2n) is 5.20. The number of alkyl halides is 3. The monoisotopic (exact) mass is 324 g/mol. The number of benzene rings is 2. The molecule has 2 rings (SSSR count). The summed E-state index contributed by atoms with van der Waals surface area (Å²) in [6.07, 6.45) is -3.81. The van der Waals surface area contributed by atoms with Crippen molar-refractivity contribution in [2.45, 2.75) is 25.3 Å². The Bertz CT molecular complexity index is 748. The number of hydrogen-bond donors (Lipinski definition) is 1. The molecule has 2 aromatic carbocycles. The van der Waals surface area contributed by atoms with Gasteiger partial charge in [-0.1, -0.05) is 43.0 Å². The maximum absolute atomic E-state index is 13.1. The molecule has 1 unspecified atom stereocenters. The minimum absolute atomic E-state index is 0.0974. The van der Waals surface area contributed by atoms with Crippen molar-refractivity contribution >= 4 is 16.7 Å². The number of halogens is 3. The molecule has 1 atom stereocenters. The second-order valence-corrected chi connectivity index (χ2v) is 5.20. The van der Waals surface area contributed by atoms with Crippen LogP contribution in [0.2, 0.25) is 0 Å². The van der Waals surface area contributed by atoms with Crippen LogP contribution in [0.25, 0.3) is 10.8 Å². The summed E-state index contributed by atoms with van der Waals surface area (Å²) in [6, 6.07) is 8.96. The lowest BCUT2D eigenvalue weighted by Crippen LogP contribution is -2.39. The van der Waals surface area contributed by atoms with Gasteiger partial charge in [-0.25, -0.2) is 4.79 Å². The van der Waals surface area contributed by atoms with E-state index >= 15 is 0 Å². The number of carbonyl (C=O) groups is 1. The molecule has 1 N–H and O–H groups in total. The lowest BCUT2D eigenvalue weighted by Gasteiger charge is -2.28. The highest BCUT2D eigenvalue weighted by molar-refractivity contribution is 5.89.